The Morgan fingerprint density at radius 2 is 1.87 bits per heavy atom. The Morgan fingerprint density at radius 3 is 2.43 bits per heavy atom. The lowest BCUT2D eigenvalue weighted by Crippen LogP contribution is -2.38. The third-order valence-electron chi connectivity index (χ3n) is 3.48. The van der Waals surface area contributed by atoms with Crippen LogP contribution in [-0.2, 0) is 4.79 Å². The van der Waals surface area contributed by atoms with Crippen LogP contribution in [0, 0.1) is 12.8 Å². The van der Waals surface area contributed by atoms with Crippen molar-refractivity contribution in [2.45, 2.75) is 47.1 Å². The summed E-state index contributed by atoms with van der Waals surface area (Å²) < 4.78 is 0. The van der Waals surface area contributed by atoms with Crippen molar-refractivity contribution in [3.63, 3.8) is 0 Å². The van der Waals surface area contributed by atoms with Gasteiger partial charge in [0.2, 0.25) is 5.91 Å². The average Bonchev–Trinajstić information content (AvgIpc) is 2.46. The van der Waals surface area contributed by atoms with Crippen LogP contribution in [-0.4, -0.2) is 30.9 Å². The fourth-order valence-corrected chi connectivity index (χ4v) is 2.29. The molecule has 0 saturated heterocycles. The van der Waals surface area contributed by atoms with Gasteiger partial charge >= 0.3 is 0 Å². The van der Waals surface area contributed by atoms with E-state index in [9.17, 15) is 9.59 Å². The number of anilines is 1. The first-order valence-electron chi connectivity index (χ1n) is 8.25. The van der Waals surface area contributed by atoms with E-state index in [1.54, 1.807) is 18.2 Å². The van der Waals surface area contributed by atoms with Crippen molar-refractivity contribution in [1.82, 2.24) is 10.6 Å². The maximum atomic E-state index is 12.2. The van der Waals surface area contributed by atoms with E-state index < -0.39 is 0 Å². The van der Waals surface area contributed by atoms with Crippen LogP contribution < -0.4 is 16.0 Å². The summed E-state index contributed by atoms with van der Waals surface area (Å²) >= 11 is 0. The molecule has 0 heterocycles. The van der Waals surface area contributed by atoms with Gasteiger partial charge in [-0.15, -0.1) is 0 Å². The lowest BCUT2D eigenvalue weighted by atomic mass is 10.1. The van der Waals surface area contributed by atoms with Crippen LogP contribution in [0.15, 0.2) is 18.2 Å². The Labute approximate surface area is 139 Å². The lowest BCUT2D eigenvalue weighted by molar-refractivity contribution is -0.116. The molecule has 128 valence electrons. The molecular weight excluding hydrogens is 290 g/mol. The third-order valence-corrected chi connectivity index (χ3v) is 3.48. The summed E-state index contributed by atoms with van der Waals surface area (Å²) in [5.41, 5.74) is 2.25. The van der Waals surface area contributed by atoms with Crippen LogP contribution in [0.4, 0.5) is 5.69 Å². The summed E-state index contributed by atoms with van der Waals surface area (Å²) in [6.07, 6.45) is 0.490. The van der Waals surface area contributed by atoms with Gasteiger partial charge in [-0.25, -0.2) is 0 Å². The molecule has 0 aliphatic rings. The fourth-order valence-electron chi connectivity index (χ4n) is 2.29. The molecule has 0 aromatic heterocycles. The van der Waals surface area contributed by atoms with Crippen LogP contribution in [0.2, 0.25) is 0 Å². The van der Waals surface area contributed by atoms with Crippen LogP contribution in [0.1, 0.15) is 50.0 Å². The van der Waals surface area contributed by atoms with Gasteiger partial charge in [-0.3, -0.25) is 9.59 Å². The SMILES string of the molecule is CCN[C@H](C)CNC(=O)c1ccc(NC(=O)CC(C)C)c(C)c1. The third kappa shape index (κ3) is 6.82. The molecule has 0 aliphatic heterocycles. The molecule has 0 bridgehead atoms. The molecule has 0 saturated carbocycles. The molecular formula is C18H29N3O2. The van der Waals surface area contributed by atoms with Crippen molar-refractivity contribution >= 4 is 17.5 Å². The Morgan fingerprint density at radius 1 is 1.17 bits per heavy atom. The molecule has 5 nitrogen and oxygen atoms in total. The molecule has 0 fully saturated rings. The number of amides is 2. The summed E-state index contributed by atoms with van der Waals surface area (Å²) in [7, 11) is 0. The number of benzene rings is 1. The van der Waals surface area contributed by atoms with Gasteiger partial charge in [-0.05, 0) is 50.1 Å². The Kier molecular flexibility index (Phi) is 7.75. The van der Waals surface area contributed by atoms with E-state index in [0.29, 0.717) is 24.4 Å². The molecule has 1 rings (SSSR count). The monoisotopic (exact) mass is 319 g/mol. The normalized spacial score (nSPS) is 12.1. The van der Waals surface area contributed by atoms with Crippen molar-refractivity contribution in [2.75, 3.05) is 18.4 Å². The predicted octanol–water partition coefficient (Wildman–Crippen LogP) is 2.71. The molecule has 5 heteroatoms. The number of carbonyl (C=O) groups excluding carboxylic acids is 2. The van der Waals surface area contributed by atoms with E-state index in [2.05, 4.69) is 16.0 Å². The van der Waals surface area contributed by atoms with Gasteiger partial charge in [0, 0.05) is 30.3 Å². The minimum Gasteiger partial charge on any atom is -0.350 e. The van der Waals surface area contributed by atoms with Crippen molar-refractivity contribution in [3.8, 4) is 0 Å². The highest BCUT2D eigenvalue weighted by molar-refractivity contribution is 5.96. The number of carbonyl (C=O) groups is 2. The lowest BCUT2D eigenvalue weighted by Gasteiger charge is -2.14. The van der Waals surface area contributed by atoms with Gasteiger partial charge in [-0.1, -0.05) is 20.8 Å². The van der Waals surface area contributed by atoms with E-state index >= 15 is 0 Å². The van der Waals surface area contributed by atoms with Gasteiger partial charge in [0.1, 0.15) is 0 Å². The molecule has 3 N–H and O–H groups in total. The smallest absolute Gasteiger partial charge is 0.251 e. The van der Waals surface area contributed by atoms with Crippen LogP contribution in [0.5, 0.6) is 0 Å². The summed E-state index contributed by atoms with van der Waals surface area (Å²) in [6.45, 7) is 11.4. The quantitative estimate of drug-likeness (QED) is 0.690. The summed E-state index contributed by atoms with van der Waals surface area (Å²) in [6, 6.07) is 5.57. The molecule has 1 atom stereocenters. The summed E-state index contributed by atoms with van der Waals surface area (Å²) in [5, 5.41) is 9.05. The molecule has 2 amide bonds. The van der Waals surface area contributed by atoms with Gasteiger partial charge < -0.3 is 16.0 Å². The Hall–Kier alpha value is -1.88. The average molecular weight is 319 g/mol. The topological polar surface area (TPSA) is 70.2 Å². The largest absolute Gasteiger partial charge is 0.350 e. The fraction of sp³-hybridized carbons (Fsp3) is 0.556. The summed E-state index contributed by atoms with van der Waals surface area (Å²) in [4.78, 5) is 24.0. The number of hydrogen-bond acceptors (Lipinski definition) is 3. The zero-order valence-electron chi connectivity index (χ0n) is 14.8. The van der Waals surface area contributed by atoms with Crippen molar-refractivity contribution < 1.29 is 9.59 Å². The van der Waals surface area contributed by atoms with Gasteiger partial charge in [-0.2, -0.15) is 0 Å². The highest BCUT2D eigenvalue weighted by Crippen LogP contribution is 2.17. The van der Waals surface area contributed by atoms with E-state index in [1.165, 1.54) is 0 Å². The zero-order chi connectivity index (χ0) is 17.4. The minimum atomic E-state index is -0.0992. The van der Waals surface area contributed by atoms with Crippen LogP contribution in [0.25, 0.3) is 0 Å². The second-order valence-corrected chi connectivity index (χ2v) is 6.34. The van der Waals surface area contributed by atoms with Crippen LogP contribution in [0.3, 0.4) is 0 Å². The number of rotatable bonds is 8. The molecule has 0 spiro atoms. The second kappa shape index (κ2) is 9.30. The maximum Gasteiger partial charge on any atom is 0.251 e. The van der Waals surface area contributed by atoms with Crippen molar-refractivity contribution in [2.24, 2.45) is 5.92 Å². The number of nitrogens with one attached hydrogen (secondary N) is 3. The molecule has 1 aromatic rings. The molecule has 0 aliphatic carbocycles. The number of likely N-dealkylation sites (N-methyl/N-ethyl adjacent to an activating group) is 1. The molecule has 23 heavy (non-hydrogen) atoms. The first kappa shape index (κ1) is 19.2. The molecule has 1 aromatic carbocycles. The minimum absolute atomic E-state index is 0.000216. The Bertz CT molecular complexity index is 541. The molecule has 0 unspecified atom stereocenters. The van der Waals surface area contributed by atoms with E-state index in [1.807, 2.05) is 34.6 Å². The van der Waals surface area contributed by atoms with E-state index in [0.717, 1.165) is 17.8 Å². The number of aryl methyl sites for hydroxylation is 1. The molecule has 0 radical (unpaired) electrons. The van der Waals surface area contributed by atoms with E-state index in [4.69, 9.17) is 0 Å². The first-order chi connectivity index (χ1) is 10.8. The van der Waals surface area contributed by atoms with Crippen LogP contribution >= 0.6 is 0 Å². The standard InChI is InChI=1S/C18H29N3O2/c1-6-19-14(5)11-20-18(23)15-7-8-16(13(4)10-15)21-17(22)9-12(2)3/h7-8,10,12,14,19H,6,9,11H2,1-5H3,(H,20,23)(H,21,22)/t14-/m1/s1. The van der Waals surface area contributed by atoms with Gasteiger partial charge in [0.05, 0.1) is 0 Å². The highest BCUT2D eigenvalue weighted by atomic mass is 16.2. The van der Waals surface area contributed by atoms with Gasteiger partial charge in [0.15, 0.2) is 0 Å². The Balaban J connectivity index is 2.64. The van der Waals surface area contributed by atoms with Crippen molar-refractivity contribution in [1.29, 1.82) is 0 Å². The van der Waals surface area contributed by atoms with E-state index in [-0.39, 0.29) is 17.9 Å². The van der Waals surface area contributed by atoms with Crippen molar-refractivity contribution in [3.05, 3.63) is 29.3 Å². The highest BCUT2D eigenvalue weighted by Gasteiger charge is 2.11. The second-order valence-electron chi connectivity index (χ2n) is 6.34. The summed E-state index contributed by atoms with van der Waals surface area (Å²) in [5.74, 6) is 0.219. The van der Waals surface area contributed by atoms with Gasteiger partial charge in [0.25, 0.3) is 5.91 Å². The first-order valence-corrected chi connectivity index (χ1v) is 8.25. The maximum absolute atomic E-state index is 12.2. The zero-order valence-corrected chi connectivity index (χ0v) is 14.8. The number of hydrogen-bond donors (Lipinski definition) is 3. The predicted molar refractivity (Wildman–Crippen MR) is 94.7 cm³/mol.